The van der Waals surface area contributed by atoms with Gasteiger partial charge in [-0.05, 0) is 43.3 Å². The Bertz CT molecular complexity index is 952. The van der Waals surface area contributed by atoms with Gasteiger partial charge in [-0.15, -0.1) is 0 Å². The smallest absolute Gasteiger partial charge is 0.326 e. The number of hydrogen-bond acceptors (Lipinski definition) is 5. The predicted octanol–water partition coefficient (Wildman–Crippen LogP) is 3.90. The number of methoxy groups -OCH3 is 1. The minimum Gasteiger partial charge on any atom is -0.495 e. The summed E-state index contributed by atoms with van der Waals surface area (Å²) in [6, 6.07) is 7.17. The second-order valence-electron chi connectivity index (χ2n) is 5.21. The van der Waals surface area contributed by atoms with Crippen LogP contribution >= 0.6 is 23.2 Å². The van der Waals surface area contributed by atoms with Crippen LogP contribution in [0.2, 0.25) is 10.0 Å². The Kier molecular flexibility index (Phi) is 6.91. The van der Waals surface area contributed by atoms with Crippen molar-refractivity contribution in [2.24, 2.45) is 0 Å². The van der Waals surface area contributed by atoms with Crippen LogP contribution in [0.15, 0.2) is 41.3 Å². The van der Waals surface area contributed by atoms with Crippen LogP contribution < -0.4 is 9.04 Å². The van der Waals surface area contributed by atoms with Crippen LogP contribution in [0.25, 0.3) is 0 Å². The Labute approximate surface area is 166 Å². The summed E-state index contributed by atoms with van der Waals surface area (Å²) >= 11 is 11.8. The fraction of sp³-hybridized carbons (Fsp3) is 0.235. The first-order valence-electron chi connectivity index (χ1n) is 7.67. The summed E-state index contributed by atoms with van der Waals surface area (Å²) in [5, 5.41) is -0.212. The molecule has 27 heavy (non-hydrogen) atoms. The topological polar surface area (TPSA) is 72.9 Å². The summed E-state index contributed by atoms with van der Waals surface area (Å²) in [5.41, 5.74) is 0.00129. The Morgan fingerprint density at radius 1 is 1.15 bits per heavy atom. The second kappa shape index (κ2) is 8.77. The number of rotatable bonds is 7. The summed E-state index contributed by atoms with van der Waals surface area (Å²) in [4.78, 5) is 11.8. The van der Waals surface area contributed by atoms with E-state index < -0.39 is 28.4 Å². The monoisotopic (exact) mass is 435 g/mol. The van der Waals surface area contributed by atoms with E-state index in [2.05, 4.69) is 0 Å². The molecule has 0 unspecified atom stereocenters. The van der Waals surface area contributed by atoms with Crippen molar-refractivity contribution in [2.75, 3.05) is 24.6 Å². The van der Waals surface area contributed by atoms with Gasteiger partial charge < -0.3 is 9.47 Å². The van der Waals surface area contributed by atoms with Crippen LogP contribution in [0.1, 0.15) is 6.92 Å². The largest absolute Gasteiger partial charge is 0.495 e. The van der Waals surface area contributed by atoms with Crippen LogP contribution in [-0.2, 0) is 19.6 Å². The first kappa shape index (κ1) is 21.3. The number of ether oxygens (including phenoxy) is 2. The standard InChI is InChI=1S/C17H16Cl2FNO5S/c1-3-26-17(22)10-21(11-4-6-15(20)13(18)8-11)27(23,24)12-5-7-16(25-2)14(19)9-12/h4-9H,3,10H2,1-2H3. The van der Waals surface area contributed by atoms with Gasteiger partial charge in [0, 0.05) is 0 Å². The van der Waals surface area contributed by atoms with Gasteiger partial charge in [0.2, 0.25) is 0 Å². The van der Waals surface area contributed by atoms with Crippen LogP contribution in [0.3, 0.4) is 0 Å². The van der Waals surface area contributed by atoms with E-state index in [-0.39, 0.29) is 33.0 Å². The molecule has 0 amide bonds. The lowest BCUT2D eigenvalue weighted by Gasteiger charge is -2.24. The zero-order valence-electron chi connectivity index (χ0n) is 14.4. The number of nitrogens with zero attached hydrogens (tertiary/aromatic N) is 1. The first-order valence-corrected chi connectivity index (χ1v) is 9.87. The van der Waals surface area contributed by atoms with E-state index in [0.29, 0.717) is 0 Å². The molecule has 0 aliphatic rings. The zero-order valence-corrected chi connectivity index (χ0v) is 16.7. The van der Waals surface area contributed by atoms with Crippen molar-refractivity contribution in [3.63, 3.8) is 0 Å². The Morgan fingerprint density at radius 2 is 1.85 bits per heavy atom. The fourth-order valence-electron chi connectivity index (χ4n) is 2.21. The quantitative estimate of drug-likeness (QED) is 0.616. The number of carbonyl (C=O) groups is 1. The fourth-order valence-corrected chi connectivity index (χ4v) is 4.14. The van der Waals surface area contributed by atoms with Gasteiger partial charge in [0.25, 0.3) is 10.0 Å². The minimum absolute atomic E-state index is 0.00129. The number of carbonyl (C=O) groups excluding carboxylic acids is 1. The highest BCUT2D eigenvalue weighted by Gasteiger charge is 2.29. The molecule has 0 aliphatic carbocycles. The van der Waals surface area contributed by atoms with Crippen LogP contribution in [0, 0.1) is 5.82 Å². The van der Waals surface area contributed by atoms with E-state index in [1.165, 1.54) is 31.4 Å². The molecule has 0 spiro atoms. The summed E-state index contributed by atoms with van der Waals surface area (Å²) in [7, 11) is -2.84. The second-order valence-corrected chi connectivity index (χ2v) is 7.89. The van der Waals surface area contributed by atoms with Crippen LogP contribution in [0.4, 0.5) is 10.1 Å². The highest BCUT2D eigenvalue weighted by Crippen LogP contribution is 2.31. The van der Waals surface area contributed by atoms with Crippen molar-refractivity contribution in [1.82, 2.24) is 0 Å². The summed E-state index contributed by atoms with van der Waals surface area (Å²) < 4.78 is 50.3. The molecule has 2 aromatic carbocycles. The number of benzene rings is 2. The number of halogens is 3. The Hall–Kier alpha value is -2.03. The highest BCUT2D eigenvalue weighted by atomic mass is 35.5. The van der Waals surface area contributed by atoms with Crippen LogP contribution in [0.5, 0.6) is 5.75 Å². The summed E-state index contributed by atoms with van der Waals surface area (Å²) in [5.74, 6) is -1.21. The van der Waals surface area contributed by atoms with E-state index in [0.717, 1.165) is 16.4 Å². The SMILES string of the molecule is CCOC(=O)CN(c1ccc(F)c(Cl)c1)S(=O)(=O)c1ccc(OC)c(Cl)c1. The molecule has 6 nitrogen and oxygen atoms in total. The van der Waals surface area contributed by atoms with Crippen molar-refractivity contribution in [3.8, 4) is 5.75 Å². The lowest BCUT2D eigenvalue weighted by atomic mass is 10.3. The molecule has 2 aromatic rings. The van der Waals surface area contributed by atoms with E-state index in [1.54, 1.807) is 6.92 Å². The van der Waals surface area contributed by atoms with Gasteiger partial charge in [-0.25, -0.2) is 12.8 Å². The third kappa shape index (κ3) is 4.82. The molecule has 0 radical (unpaired) electrons. The lowest BCUT2D eigenvalue weighted by molar-refractivity contribution is -0.141. The van der Waals surface area contributed by atoms with Crippen molar-refractivity contribution < 1.29 is 27.1 Å². The van der Waals surface area contributed by atoms with Gasteiger partial charge >= 0.3 is 5.97 Å². The van der Waals surface area contributed by atoms with Gasteiger partial charge in [-0.3, -0.25) is 9.10 Å². The Morgan fingerprint density at radius 3 is 2.41 bits per heavy atom. The van der Waals surface area contributed by atoms with Crippen molar-refractivity contribution in [2.45, 2.75) is 11.8 Å². The maximum atomic E-state index is 13.5. The number of esters is 1. The summed E-state index contributed by atoms with van der Waals surface area (Å²) in [6.07, 6.45) is 0. The molecule has 0 N–H and O–H groups in total. The maximum absolute atomic E-state index is 13.5. The van der Waals surface area contributed by atoms with Crippen molar-refractivity contribution in [3.05, 3.63) is 52.3 Å². The third-order valence-corrected chi connectivity index (χ3v) is 5.84. The van der Waals surface area contributed by atoms with E-state index >= 15 is 0 Å². The van der Waals surface area contributed by atoms with Gasteiger partial charge in [0.15, 0.2) is 0 Å². The molecular formula is C17H16Cl2FNO5S. The average molecular weight is 436 g/mol. The molecule has 0 saturated carbocycles. The number of hydrogen-bond donors (Lipinski definition) is 0. The molecule has 10 heteroatoms. The van der Waals surface area contributed by atoms with Crippen molar-refractivity contribution >= 4 is 44.9 Å². The van der Waals surface area contributed by atoms with Gasteiger partial charge in [-0.2, -0.15) is 0 Å². The predicted molar refractivity (Wildman–Crippen MR) is 101 cm³/mol. The molecule has 0 heterocycles. The lowest BCUT2D eigenvalue weighted by Crippen LogP contribution is -2.36. The molecule has 146 valence electrons. The number of anilines is 1. The molecule has 2 rings (SSSR count). The van der Waals surface area contributed by atoms with E-state index in [4.69, 9.17) is 32.7 Å². The minimum atomic E-state index is -4.23. The van der Waals surface area contributed by atoms with Crippen molar-refractivity contribution in [1.29, 1.82) is 0 Å². The molecule has 0 fully saturated rings. The van der Waals surface area contributed by atoms with Gasteiger partial charge in [-0.1, -0.05) is 23.2 Å². The van der Waals surface area contributed by atoms with E-state index in [1.807, 2.05) is 0 Å². The summed E-state index contributed by atoms with van der Waals surface area (Å²) in [6.45, 7) is 1.04. The molecule has 0 bridgehead atoms. The zero-order chi connectivity index (χ0) is 20.2. The number of sulfonamides is 1. The maximum Gasteiger partial charge on any atom is 0.326 e. The third-order valence-electron chi connectivity index (χ3n) is 3.48. The molecule has 0 aromatic heterocycles. The van der Waals surface area contributed by atoms with Gasteiger partial charge in [0.1, 0.15) is 18.1 Å². The Balaban J connectivity index is 2.55. The van der Waals surface area contributed by atoms with Crippen LogP contribution in [-0.4, -0.2) is 34.6 Å². The normalized spacial score (nSPS) is 11.1. The van der Waals surface area contributed by atoms with E-state index in [9.17, 15) is 17.6 Å². The molecular weight excluding hydrogens is 420 g/mol. The molecule has 0 atom stereocenters. The highest BCUT2D eigenvalue weighted by molar-refractivity contribution is 7.92. The van der Waals surface area contributed by atoms with Gasteiger partial charge in [0.05, 0.1) is 34.3 Å². The average Bonchev–Trinajstić information content (AvgIpc) is 2.62. The molecule has 0 aliphatic heterocycles. The molecule has 0 saturated heterocycles. The first-order chi connectivity index (χ1) is 12.7.